The molecule has 6 nitrogen and oxygen atoms in total. The minimum atomic E-state index is -0.670. The van der Waals surface area contributed by atoms with Crippen molar-refractivity contribution in [3.05, 3.63) is 63.6 Å². The molecule has 0 saturated heterocycles. The first kappa shape index (κ1) is 23.0. The number of halogens is 2. The van der Waals surface area contributed by atoms with E-state index in [0.29, 0.717) is 28.7 Å². The second-order valence-corrected chi connectivity index (χ2v) is 7.58. The highest BCUT2D eigenvalue weighted by Crippen LogP contribution is 2.22. The van der Waals surface area contributed by atoms with Crippen LogP contribution in [0, 0.1) is 6.92 Å². The number of benzene rings is 2. The normalized spacial score (nSPS) is 11.6. The number of hydrogen-bond donors (Lipinski definition) is 4. The molecule has 0 unspecified atom stereocenters. The molecule has 2 aromatic rings. The lowest BCUT2D eigenvalue weighted by atomic mass is 10.1. The van der Waals surface area contributed by atoms with Crippen LogP contribution in [0.5, 0.6) is 0 Å². The summed E-state index contributed by atoms with van der Waals surface area (Å²) in [6.45, 7) is 2.77. The molecule has 0 heterocycles. The van der Waals surface area contributed by atoms with E-state index in [1.54, 1.807) is 18.2 Å². The average Bonchev–Trinajstić information content (AvgIpc) is 2.70. The molecule has 0 bridgehead atoms. The van der Waals surface area contributed by atoms with Gasteiger partial charge in [0.1, 0.15) is 6.04 Å². The zero-order valence-corrected chi connectivity index (χ0v) is 17.8. The lowest BCUT2D eigenvalue weighted by Gasteiger charge is -2.19. The molecular formula is C21H26Cl2N4O2. The van der Waals surface area contributed by atoms with Crippen molar-refractivity contribution >= 4 is 40.8 Å². The zero-order chi connectivity index (χ0) is 21.2. The number of nitrogens with one attached hydrogen (secondary N) is 3. The molecule has 5 N–H and O–H groups in total. The van der Waals surface area contributed by atoms with Crippen molar-refractivity contribution in [2.24, 2.45) is 5.73 Å². The maximum atomic E-state index is 12.7. The molecule has 8 heteroatoms. The molecule has 2 aromatic carbocycles. The molecule has 156 valence electrons. The van der Waals surface area contributed by atoms with Crippen molar-refractivity contribution in [3.63, 3.8) is 0 Å². The third kappa shape index (κ3) is 7.93. The van der Waals surface area contributed by atoms with E-state index in [1.807, 2.05) is 31.2 Å². The van der Waals surface area contributed by atoms with Crippen molar-refractivity contribution in [1.82, 2.24) is 10.6 Å². The molecule has 0 aliphatic heterocycles. The van der Waals surface area contributed by atoms with Gasteiger partial charge in [-0.1, -0.05) is 47.0 Å². The fraction of sp³-hybridized carbons (Fsp3) is 0.333. The van der Waals surface area contributed by atoms with Crippen LogP contribution in [0.25, 0.3) is 0 Å². The highest BCUT2D eigenvalue weighted by atomic mass is 35.5. The number of aryl methyl sites for hydroxylation is 1. The second-order valence-electron chi connectivity index (χ2n) is 6.77. The van der Waals surface area contributed by atoms with Crippen LogP contribution in [0.15, 0.2) is 42.5 Å². The number of carbonyl (C=O) groups excluding carboxylic acids is 2. The van der Waals surface area contributed by atoms with Crippen molar-refractivity contribution in [1.29, 1.82) is 0 Å². The number of amides is 3. The number of urea groups is 1. The van der Waals surface area contributed by atoms with Crippen LogP contribution in [0.4, 0.5) is 10.5 Å². The molecule has 0 spiro atoms. The van der Waals surface area contributed by atoms with Gasteiger partial charge < -0.3 is 21.7 Å². The minimum Gasteiger partial charge on any atom is -0.334 e. The molecule has 0 aliphatic carbocycles. The fourth-order valence-corrected chi connectivity index (χ4v) is 2.99. The van der Waals surface area contributed by atoms with Gasteiger partial charge in [-0.15, -0.1) is 0 Å². The highest BCUT2D eigenvalue weighted by Gasteiger charge is 2.20. The SMILES string of the molecule is Cc1ccc(NC(=O)[C@H](CCCCN)NC(=O)NCc2ccc(Cl)c(Cl)c2)cc1. The lowest BCUT2D eigenvalue weighted by Crippen LogP contribution is -2.47. The summed E-state index contributed by atoms with van der Waals surface area (Å²) in [5, 5.41) is 9.19. The molecule has 0 fully saturated rings. The van der Waals surface area contributed by atoms with Gasteiger partial charge in [0.25, 0.3) is 0 Å². The second kappa shape index (κ2) is 11.7. The molecule has 0 saturated carbocycles. The van der Waals surface area contributed by atoms with Crippen molar-refractivity contribution in [3.8, 4) is 0 Å². The predicted molar refractivity (Wildman–Crippen MR) is 118 cm³/mol. The Morgan fingerprint density at radius 3 is 2.41 bits per heavy atom. The van der Waals surface area contributed by atoms with E-state index in [-0.39, 0.29) is 12.5 Å². The number of anilines is 1. The number of rotatable bonds is 9. The maximum absolute atomic E-state index is 12.7. The maximum Gasteiger partial charge on any atom is 0.315 e. The zero-order valence-electron chi connectivity index (χ0n) is 16.3. The molecule has 1 atom stereocenters. The first-order valence-electron chi connectivity index (χ1n) is 9.45. The summed E-state index contributed by atoms with van der Waals surface area (Å²) in [6.07, 6.45) is 2.01. The summed E-state index contributed by atoms with van der Waals surface area (Å²) >= 11 is 11.9. The summed E-state index contributed by atoms with van der Waals surface area (Å²) in [6, 6.07) is 11.5. The Hall–Kier alpha value is -2.28. The van der Waals surface area contributed by atoms with Crippen LogP contribution in [0.3, 0.4) is 0 Å². The third-order valence-corrected chi connectivity index (χ3v) is 5.06. The summed E-state index contributed by atoms with van der Waals surface area (Å²) < 4.78 is 0. The van der Waals surface area contributed by atoms with E-state index in [1.165, 1.54) is 0 Å². The van der Waals surface area contributed by atoms with E-state index < -0.39 is 12.1 Å². The Balaban J connectivity index is 1.94. The molecular weight excluding hydrogens is 411 g/mol. The van der Waals surface area contributed by atoms with Crippen LogP contribution >= 0.6 is 23.2 Å². The number of hydrogen-bond acceptors (Lipinski definition) is 3. The van der Waals surface area contributed by atoms with Crippen LogP contribution < -0.4 is 21.7 Å². The Kier molecular flexibility index (Phi) is 9.25. The third-order valence-electron chi connectivity index (χ3n) is 4.32. The summed E-state index contributed by atoms with van der Waals surface area (Å²) in [5.74, 6) is -0.268. The van der Waals surface area contributed by atoms with Gasteiger partial charge in [0, 0.05) is 12.2 Å². The molecule has 0 aliphatic rings. The molecule has 2 rings (SSSR count). The van der Waals surface area contributed by atoms with Crippen molar-refractivity contribution < 1.29 is 9.59 Å². The highest BCUT2D eigenvalue weighted by molar-refractivity contribution is 6.42. The van der Waals surface area contributed by atoms with Gasteiger partial charge in [0.2, 0.25) is 5.91 Å². The summed E-state index contributed by atoms with van der Waals surface area (Å²) in [4.78, 5) is 25.0. The molecule has 29 heavy (non-hydrogen) atoms. The van der Waals surface area contributed by atoms with Crippen molar-refractivity contribution in [2.45, 2.75) is 38.8 Å². The van der Waals surface area contributed by atoms with Crippen LogP contribution in [0.1, 0.15) is 30.4 Å². The molecule has 0 radical (unpaired) electrons. The van der Waals surface area contributed by atoms with Gasteiger partial charge in [-0.25, -0.2) is 4.79 Å². The average molecular weight is 437 g/mol. The number of unbranched alkanes of at least 4 members (excludes halogenated alkanes) is 1. The van der Waals surface area contributed by atoms with Crippen LogP contribution in [-0.4, -0.2) is 24.5 Å². The van der Waals surface area contributed by atoms with Gasteiger partial charge >= 0.3 is 6.03 Å². The smallest absolute Gasteiger partial charge is 0.315 e. The topological polar surface area (TPSA) is 96.2 Å². The van der Waals surface area contributed by atoms with Crippen molar-refractivity contribution in [2.75, 3.05) is 11.9 Å². The van der Waals surface area contributed by atoms with E-state index in [4.69, 9.17) is 28.9 Å². The Labute approximate surface area is 181 Å². The van der Waals surface area contributed by atoms with E-state index in [9.17, 15) is 9.59 Å². The largest absolute Gasteiger partial charge is 0.334 e. The fourth-order valence-electron chi connectivity index (χ4n) is 2.67. The molecule has 3 amide bonds. The first-order valence-corrected chi connectivity index (χ1v) is 10.2. The predicted octanol–water partition coefficient (Wildman–Crippen LogP) is 4.24. The van der Waals surface area contributed by atoms with E-state index >= 15 is 0 Å². The Bertz CT molecular complexity index is 828. The molecule has 0 aromatic heterocycles. The summed E-state index contributed by atoms with van der Waals surface area (Å²) in [5.41, 5.74) is 8.13. The van der Waals surface area contributed by atoms with Gasteiger partial charge in [-0.3, -0.25) is 4.79 Å². The summed E-state index contributed by atoms with van der Waals surface area (Å²) in [7, 11) is 0. The Morgan fingerprint density at radius 1 is 1.03 bits per heavy atom. The monoisotopic (exact) mass is 436 g/mol. The van der Waals surface area contributed by atoms with Gasteiger partial charge in [0.05, 0.1) is 10.0 Å². The van der Waals surface area contributed by atoms with Gasteiger partial charge in [-0.05, 0) is 62.6 Å². The minimum absolute atomic E-state index is 0.262. The quantitative estimate of drug-likeness (QED) is 0.442. The van der Waals surface area contributed by atoms with Crippen LogP contribution in [-0.2, 0) is 11.3 Å². The number of carbonyl (C=O) groups is 2. The first-order chi connectivity index (χ1) is 13.9. The van der Waals surface area contributed by atoms with Gasteiger partial charge in [0.15, 0.2) is 0 Å². The number of nitrogens with two attached hydrogens (primary N) is 1. The van der Waals surface area contributed by atoms with Crippen LogP contribution in [0.2, 0.25) is 10.0 Å². The Morgan fingerprint density at radius 2 is 1.76 bits per heavy atom. The van der Waals surface area contributed by atoms with E-state index in [2.05, 4.69) is 16.0 Å². The standard InChI is InChI=1S/C21H26Cl2N4O2/c1-14-5-8-16(9-6-14)26-20(28)19(4-2-3-11-24)27-21(29)25-13-15-7-10-17(22)18(23)12-15/h5-10,12,19H,2-4,11,13,24H2,1H3,(H,26,28)(H2,25,27,29)/t19-/m0/s1. The van der Waals surface area contributed by atoms with Gasteiger partial charge in [-0.2, -0.15) is 0 Å². The van der Waals surface area contributed by atoms with E-state index in [0.717, 1.165) is 24.0 Å². The lowest BCUT2D eigenvalue weighted by molar-refractivity contribution is -0.118.